The van der Waals surface area contributed by atoms with Crippen LogP contribution in [0, 0.1) is 5.82 Å². The van der Waals surface area contributed by atoms with E-state index in [9.17, 15) is 4.39 Å². The molecular weight excluding hydrogens is 229 g/mol. The first-order chi connectivity index (χ1) is 7.65. The molecule has 0 radical (unpaired) electrons. The molecule has 1 aromatic carbocycles. The Morgan fingerprint density at radius 1 is 1.56 bits per heavy atom. The van der Waals surface area contributed by atoms with Gasteiger partial charge in [0, 0.05) is 6.54 Å². The van der Waals surface area contributed by atoms with Crippen molar-refractivity contribution >= 4 is 11.6 Å². The summed E-state index contributed by atoms with van der Waals surface area (Å²) in [5, 5.41) is 3.18. The molecule has 0 spiro atoms. The molecule has 0 atom stereocenters. The van der Waals surface area contributed by atoms with Gasteiger partial charge in [-0.3, -0.25) is 0 Å². The molecule has 1 aromatic rings. The van der Waals surface area contributed by atoms with Crippen LogP contribution in [0.5, 0.6) is 5.75 Å². The van der Waals surface area contributed by atoms with Crippen LogP contribution in [0.1, 0.15) is 6.92 Å². The van der Waals surface area contributed by atoms with Crippen LogP contribution in [0.15, 0.2) is 30.4 Å². The summed E-state index contributed by atoms with van der Waals surface area (Å²) in [6.45, 7) is 7.63. The maximum atomic E-state index is 13.4. The predicted molar refractivity (Wildman–Crippen MR) is 64.6 cm³/mol. The van der Waals surface area contributed by atoms with Crippen molar-refractivity contribution in [3.8, 4) is 5.75 Å². The number of nitrogens with one attached hydrogen (secondary N) is 1. The van der Waals surface area contributed by atoms with E-state index in [-0.39, 0.29) is 17.4 Å². The quantitative estimate of drug-likeness (QED) is 0.776. The number of benzene rings is 1. The molecule has 0 saturated heterocycles. The highest BCUT2D eigenvalue weighted by atomic mass is 35.5. The Labute approximate surface area is 100 Å². The molecule has 0 heterocycles. The van der Waals surface area contributed by atoms with E-state index >= 15 is 0 Å². The van der Waals surface area contributed by atoms with Crippen LogP contribution < -0.4 is 10.1 Å². The number of hydrogen-bond donors (Lipinski definition) is 1. The van der Waals surface area contributed by atoms with Gasteiger partial charge in [-0.25, -0.2) is 4.39 Å². The second-order valence-corrected chi connectivity index (χ2v) is 3.78. The summed E-state index contributed by atoms with van der Waals surface area (Å²) >= 11 is 5.62. The molecule has 4 heteroatoms. The zero-order chi connectivity index (χ0) is 12.0. The second-order valence-electron chi connectivity index (χ2n) is 3.37. The van der Waals surface area contributed by atoms with Crippen LogP contribution >= 0.6 is 11.6 Å². The molecule has 1 rings (SSSR count). The lowest BCUT2D eigenvalue weighted by molar-refractivity contribution is 0.329. The maximum Gasteiger partial charge on any atom is 0.183 e. The van der Waals surface area contributed by atoms with Gasteiger partial charge in [-0.1, -0.05) is 31.2 Å². The summed E-state index contributed by atoms with van der Waals surface area (Å²) in [5.74, 6) is -0.370. The van der Waals surface area contributed by atoms with Gasteiger partial charge in [0.25, 0.3) is 0 Å². The standard InChI is InChI=1S/C12H15ClFNO/c1-3-15-7-9(2)8-16-11-6-4-5-10(13)12(11)14/h4-6,15H,2-3,7-8H2,1H3. The van der Waals surface area contributed by atoms with E-state index in [2.05, 4.69) is 11.9 Å². The molecule has 1 N–H and O–H groups in total. The van der Waals surface area contributed by atoms with E-state index in [1.165, 1.54) is 6.07 Å². The Morgan fingerprint density at radius 3 is 3.00 bits per heavy atom. The van der Waals surface area contributed by atoms with Crippen LogP contribution in [-0.4, -0.2) is 19.7 Å². The van der Waals surface area contributed by atoms with Crippen molar-refractivity contribution in [3.05, 3.63) is 41.2 Å². The zero-order valence-corrected chi connectivity index (χ0v) is 9.98. The topological polar surface area (TPSA) is 21.3 Å². The van der Waals surface area contributed by atoms with Crippen LogP contribution in [0.3, 0.4) is 0 Å². The Balaban J connectivity index is 2.48. The number of likely N-dealkylation sites (N-methyl/N-ethyl adjacent to an activating group) is 1. The molecule has 0 saturated carbocycles. The molecule has 0 unspecified atom stereocenters. The lowest BCUT2D eigenvalue weighted by Gasteiger charge is -2.10. The minimum atomic E-state index is -0.527. The average molecular weight is 244 g/mol. The van der Waals surface area contributed by atoms with Crippen molar-refractivity contribution in [1.82, 2.24) is 5.32 Å². The highest BCUT2D eigenvalue weighted by Gasteiger charge is 2.07. The third-order valence-corrected chi connectivity index (χ3v) is 2.26. The number of rotatable bonds is 6. The summed E-state index contributed by atoms with van der Waals surface area (Å²) in [6, 6.07) is 4.67. The van der Waals surface area contributed by atoms with Crippen LogP contribution in [0.4, 0.5) is 4.39 Å². The molecule has 0 aromatic heterocycles. The van der Waals surface area contributed by atoms with E-state index in [0.717, 1.165) is 12.1 Å². The van der Waals surface area contributed by atoms with E-state index < -0.39 is 5.82 Å². The zero-order valence-electron chi connectivity index (χ0n) is 9.22. The van der Waals surface area contributed by atoms with E-state index in [1.54, 1.807) is 12.1 Å². The van der Waals surface area contributed by atoms with Crippen molar-refractivity contribution in [2.24, 2.45) is 0 Å². The first kappa shape index (κ1) is 13.0. The third-order valence-electron chi connectivity index (χ3n) is 1.97. The first-order valence-corrected chi connectivity index (χ1v) is 5.47. The van der Waals surface area contributed by atoms with Crippen LogP contribution in [0.25, 0.3) is 0 Å². The van der Waals surface area contributed by atoms with E-state index in [1.807, 2.05) is 6.92 Å². The Bertz CT molecular complexity index is 368. The highest BCUT2D eigenvalue weighted by Crippen LogP contribution is 2.24. The fraction of sp³-hybridized carbons (Fsp3) is 0.333. The molecule has 0 amide bonds. The number of hydrogen-bond acceptors (Lipinski definition) is 2. The van der Waals surface area contributed by atoms with Crippen molar-refractivity contribution in [2.75, 3.05) is 19.7 Å². The van der Waals surface area contributed by atoms with Gasteiger partial charge in [-0.15, -0.1) is 0 Å². The van der Waals surface area contributed by atoms with Gasteiger partial charge in [0.05, 0.1) is 5.02 Å². The van der Waals surface area contributed by atoms with Gasteiger partial charge < -0.3 is 10.1 Å². The van der Waals surface area contributed by atoms with Gasteiger partial charge in [-0.05, 0) is 24.3 Å². The normalized spacial score (nSPS) is 10.2. The predicted octanol–water partition coefficient (Wildman–Crippen LogP) is 3.02. The first-order valence-electron chi connectivity index (χ1n) is 5.09. The fourth-order valence-corrected chi connectivity index (χ4v) is 1.29. The molecule has 0 fully saturated rings. The monoisotopic (exact) mass is 243 g/mol. The van der Waals surface area contributed by atoms with Gasteiger partial charge in [0.15, 0.2) is 11.6 Å². The lowest BCUT2D eigenvalue weighted by Crippen LogP contribution is -2.19. The van der Waals surface area contributed by atoms with Crippen molar-refractivity contribution < 1.29 is 9.13 Å². The summed E-state index contributed by atoms with van der Waals surface area (Å²) < 4.78 is 18.7. The fourth-order valence-electron chi connectivity index (χ4n) is 1.13. The molecule has 0 aliphatic heterocycles. The molecule has 0 aliphatic carbocycles. The van der Waals surface area contributed by atoms with Crippen molar-refractivity contribution in [3.63, 3.8) is 0 Å². The van der Waals surface area contributed by atoms with Crippen LogP contribution in [0.2, 0.25) is 5.02 Å². The summed E-state index contributed by atoms with van der Waals surface area (Å²) in [4.78, 5) is 0. The minimum absolute atomic E-state index is 0.0646. The Morgan fingerprint density at radius 2 is 2.31 bits per heavy atom. The molecule has 0 aliphatic rings. The Kier molecular flexibility index (Phi) is 5.29. The van der Waals surface area contributed by atoms with Gasteiger partial charge in [0.2, 0.25) is 0 Å². The summed E-state index contributed by atoms with van der Waals surface area (Å²) in [7, 11) is 0. The van der Waals surface area contributed by atoms with Crippen LogP contribution in [-0.2, 0) is 0 Å². The van der Waals surface area contributed by atoms with Crippen molar-refractivity contribution in [2.45, 2.75) is 6.92 Å². The number of ether oxygens (including phenoxy) is 1. The van der Waals surface area contributed by atoms with Gasteiger partial charge in [-0.2, -0.15) is 0 Å². The van der Waals surface area contributed by atoms with E-state index in [0.29, 0.717) is 6.54 Å². The molecule has 88 valence electrons. The van der Waals surface area contributed by atoms with Crippen molar-refractivity contribution in [1.29, 1.82) is 0 Å². The SMILES string of the molecule is C=C(CNCC)COc1cccc(Cl)c1F. The number of halogens is 2. The lowest BCUT2D eigenvalue weighted by atomic mass is 10.3. The third kappa shape index (κ3) is 3.83. The maximum absolute atomic E-state index is 13.4. The Hall–Kier alpha value is -1.06. The molecular formula is C12H15ClFNO. The van der Waals surface area contributed by atoms with Gasteiger partial charge >= 0.3 is 0 Å². The highest BCUT2D eigenvalue weighted by molar-refractivity contribution is 6.30. The molecule has 16 heavy (non-hydrogen) atoms. The summed E-state index contributed by atoms with van der Waals surface area (Å²) in [6.07, 6.45) is 0. The largest absolute Gasteiger partial charge is 0.486 e. The minimum Gasteiger partial charge on any atom is -0.486 e. The molecule has 2 nitrogen and oxygen atoms in total. The van der Waals surface area contributed by atoms with E-state index in [4.69, 9.17) is 16.3 Å². The van der Waals surface area contributed by atoms with Gasteiger partial charge in [0.1, 0.15) is 6.61 Å². The summed E-state index contributed by atoms with van der Waals surface area (Å²) in [5.41, 5.74) is 0.862. The molecule has 0 bridgehead atoms. The second kappa shape index (κ2) is 6.51. The average Bonchev–Trinajstić information content (AvgIpc) is 2.28. The smallest absolute Gasteiger partial charge is 0.183 e.